The molecule has 0 saturated heterocycles. The maximum absolute atomic E-state index is 14.2. The van der Waals surface area contributed by atoms with Gasteiger partial charge in [0.25, 0.3) is 5.60 Å². The average Bonchev–Trinajstić information content (AvgIpc) is 3.44. The summed E-state index contributed by atoms with van der Waals surface area (Å²) in [6, 6.07) is 3.86. The number of anilines is 1. The lowest BCUT2D eigenvalue weighted by atomic mass is 9.89. The van der Waals surface area contributed by atoms with Crippen LogP contribution in [0.5, 0.6) is 0 Å². The number of cyclic esters (lactones) is 1. The summed E-state index contributed by atoms with van der Waals surface area (Å²) < 4.78 is 52.8. The van der Waals surface area contributed by atoms with E-state index in [4.69, 9.17) is 21.1 Å². The Morgan fingerprint density at radius 3 is 2.58 bits per heavy atom. The van der Waals surface area contributed by atoms with E-state index in [2.05, 4.69) is 11.8 Å². The van der Waals surface area contributed by atoms with Crippen molar-refractivity contribution in [3.63, 3.8) is 0 Å². The van der Waals surface area contributed by atoms with Gasteiger partial charge in [0.2, 0.25) is 0 Å². The molecule has 1 aliphatic carbocycles. The fraction of sp³-hybridized carbons (Fsp3) is 0.545. The van der Waals surface area contributed by atoms with Crippen LogP contribution in [0.4, 0.5) is 23.7 Å². The Morgan fingerprint density at radius 2 is 2.00 bits per heavy atom. The van der Waals surface area contributed by atoms with Crippen LogP contribution in [0.3, 0.4) is 0 Å². The summed E-state index contributed by atoms with van der Waals surface area (Å²) >= 11 is 5.98. The summed E-state index contributed by atoms with van der Waals surface area (Å²) in [4.78, 5) is 25.6. The molecule has 0 spiro atoms. The summed E-state index contributed by atoms with van der Waals surface area (Å²) in [5.74, 6) is 4.18. The second-order valence-corrected chi connectivity index (χ2v) is 9.03. The molecule has 1 amide bonds. The molecule has 9 heteroatoms. The van der Waals surface area contributed by atoms with Crippen molar-refractivity contribution in [1.82, 2.24) is 0 Å². The number of esters is 1. The standard InChI is InChI=1S/C22H23ClF3NO4/c1-20(2,3)30-18(28)5-4-12-27-17-9-8-15(23)13-16(17)21(22(24,25)26,31-19(27)29)11-10-14-6-7-14/h8-9,13-14H,4-7,12H2,1-3H3. The number of carbonyl (C=O) groups excluding carboxylic acids is 2. The number of nitrogens with zero attached hydrogens (tertiary/aromatic N) is 1. The van der Waals surface area contributed by atoms with E-state index in [1.165, 1.54) is 12.1 Å². The second kappa shape index (κ2) is 8.27. The number of alkyl halides is 3. The van der Waals surface area contributed by atoms with Crippen molar-refractivity contribution >= 4 is 29.4 Å². The van der Waals surface area contributed by atoms with Gasteiger partial charge in [-0.25, -0.2) is 4.79 Å². The van der Waals surface area contributed by atoms with E-state index in [0.29, 0.717) is 12.8 Å². The Balaban J connectivity index is 1.90. The normalized spacial score (nSPS) is 21.0. The minimum atomic E-state index is -4.97. The molecule has 2 aliphatic rings. The Morgan fingerprint density at radius 1 is 1.32 bits per heavy atom. The van der Waals surface area contributed by atoms with Crippen molar-refractivity contribution in [3.05, 3.63) is 28.8 Å². The lowest BCUT2D eigenvalue weighted by Crippen LogP contribution is -2.53. The van der Waals surface area contributed by atoms with E-state index in [1.54, 1.807) is 20.8 Å². The van der Waals surface area contributed by atoms with Crippen molar-refractivity contribution in [2.75, 3.05) is 11.4 Å². The first-order chi connectivity index (χ1) is 14.3. The number of fused-ring (bicyclic) bond motifs is 1. The average molecular weight is 458 g/mol. The van der Waals surface area contributed by atoms with Crippen LogP contribution >= 0.6 is 11.6 Å². The molecule has 3 rings (SSSR count). The van der Waals surface area contributed by atoms with Gasteiger partial charge < -0.3 is 9.47 Å². The maximum Gasteiger partial charge on any atom is 0.445 e. The Hall–Kier alpha value is -2.40. The summed E-state index contributed by atoms with van der Waals surface area (Å²) in [5.41, 5.74) is -4.07. The van der Waals surface area contributed by atoms with Crippen LogP contribution in [-0.4, -0.2) is 30.4 Å². The first kappa shape index (κ1) is 23.3. The summed E-state index contributed by atoms with van der Waals surface area (Å²) in [6.45, 7) is 5.15. The molecule has 168 valence electrons. The van der Waals surface area contributed by atoms with Crippen molar-refractivity contribution in [3.8, 4) is 11.8 Å². The molecule has 5 nitrogen and oxygen atoms in total. The number of rotatable bonds is 4. The second-order valence-electron chi connectivity index (χ2n) is 8.59. The quantitative estimate of drug-likeness (QED) is 0.437. The molecule has 0 radical (unpaired) electrons. The zero-order valence-corrected chi connectivity index (χ0v) is 18.2. The number of ether oxygens (including phenoxy) is 2. The zero-order chi connectivity index (χ0) is 23.0. The van der Waals surface area contributed by atoms with Gasteiger partial charge in [0.05, 0.1) is 5.69 Å². The number of carbonyl (C=O) groups is 2. The predicted octanol–water partition coefficient (Wildman–Crippen LogP) is 5.59. The molecule has 1 fully saturated rings. The van der Waals surface area contributed by atoms with Crippen LogP contribution in [0, 0.1) is 17.8 Å². The summed E-state index contributed by atoms with van der Waals surface area (Å²) in [7, 11) is 0. The van der Waals surface area contributed by atoms with Gasteiger partial charge >= 0.3 is 18.2 Å². The Bertz CT molecular complexity index is 941. The van der Waals surface area contributed by atoms with Crippen molar-refractivity contribution < 1.29 is 32.2 Å². The number of amides is 1. The monoisotopic (exact) mass is 457 g/mol. The van der Waals surface area contributed by atoms with Crippen LogP contribution in [-0.2, 0) is 19.9 Å². The van der Waals surface area contributed by atoms with E-state index >= 15 is 0 Å². The fourth-order valence-electron chi connectivity index (χ4n) is 3.16. The van der Waals surface area contributed by atoms with Gasteiger partial charge in [-0.3, -0.25) is 9.69 Å². The maximum atomic E-state index is 14.2. The SMILES string of the molecule is CC(C)(C)OC(=O)CCCN1C(=O)OC(C#CC2CC2)(C(F)(F)F)c2cc(Cl)ccc21. The van der Waals surface area contributed by atoms with Gasteiger partial charge in [-0.2, -0.15) is 13.2 Å². The van der Waals surface area contributed by atoms with Crippen LogP contribution in [0.1, 0.15) is 52.0 Å². The molecule has 1 atom stereocenters. The fourth-order valence-corrected chi connectivity index (χ4v) is 3.33. The van der Waals surface area contributed by atoms with E-state index < -0.39 is 29.4 Å². The third-order valence-electron chi connectivity index (χ3n) is 4.70. The van der Waals surface area contributed by atoms with Gasteiger partial charge in [-0.1, -0.05) is 17.5 Å². The first-order valence-electron chi connectivity index (χ1n) is 9.94. The highest BCUT2D eigenvalue weighted by Crippen LogP contribution is 2.49. The van der Waals surface area contributed by atoms with E-state index in [0.717, 1.165) is 11.0 Å². The third kappa shape index (κ3) is 5.27. The molecule has 0 N–H and O–H groups in total. The van der Waals surface area contributed by atoms with Gasteiger partial charge in [-0.05, 0) is 64.2 Å². The van der Waals surface area contributed by atoms with Crippen molar-refractivity contribution in [2.24, 2.45) is 5.92 Å². The van der Waals surface area contributed by atoms with Crippen LogP contribution in [0.25, 0.3) is 0 Å². The smallest absolute Gasteiger partial charge is 0.445 e. The lowest BCUT2D eigenvalue weighted by molar-refractivity contribution is -0.240. The molecule has 1 aromatic carbocycles. The van der Waals surface area contributed by atoms with Crippen LogP contribution in [0.15, 0.2) is 18.2 Å². The molecule has 1 unspecified atom stereocenters. The predicted molar refractivity (Wildman–Crippen MR) is 109 cm³/mol. The zero-order valence-electron chi connectivity index (χ0n) is 17.4. The molecule has 31 heavy (non-hydrogen) atoms. The number of halogens is 4. The molecule has 0 bridgehead atoms. The van der Waals surface area contributed by atoms with E-state index in [1.807, 2.05) is 0 Å². The first-order valence-corrected chi connectivity index (χ1v) is 10.3. The molecule has 0 aromatic heterocycles. The molecular weight excluding hydrogens is 435 g/mol. The van der Waals surface area contributed by atoms with Gasteiger partial charge in [-0.15, -0.1) is 0 Å². The van der Waals surface area contributed by atoms with E-state index in [9.17, 15) is 22.8 Å². The molecule has 1 aromatic rings. The van der Waals surface area contributed by atoms with Crippen molar-refractivity contribution in [1.29, 1.82) is 0 Å². The highest BCUT2D eigenvalue weighted by atomic mass is 35.5. The van der Waals surface area contributed by atoms with Crippen LogP contribution in [0.2, 0.25) is 5.02 Å². The number of hydrogen-bond acceptors (Lipinski definition) is 4. The summed E-state index contributed by atoms with van der Waals surface area (Å²) in [6.07, 6.45) is -4.54. The van der Waals surface area contributed by atoms with Crippen LogP contribution < -0.4 is 4.90 Å². The molecule has 1 heterocycles. The number of hydrogen-bond donors (Lipinski definition) is 0. The topological polar surface area (TPSA) is 55.8 Å². The van der Waals surface area contributed by atoms with Gasteiger partial charge in [0, 0.05) is 29.5 Å². The Kier molecular flexibility index (Phi) is 6.21. The molecule has 1 saturated carbocycles. The highest BCUT2D eigenvalue weighted by Gasteiger charge is 2.63. The van der Waals surface area contributed by atoms with Gasteiger partial charge in [0.15, 0.2) is 0 Å². The molecular formula is C22H23ClF3NO4. The molecule has 1 aliphatic heterocycles. The minimum Gasteiger partial charge on any atom is -0.460 e. The number of benzene rings is 1. The third-order valence-corrected chi connectivity index (χ3v) is 4.94. The summed E-state index contributed by atoms with van der Waals surface area (Å²) in [5, 5.41) is 0.0623. The Labute approximate surface area is 183 Å². The largest absolute Gasteiger partial charge is 0.460 e. The van der Waals surface area contributed by atoms with Gasteiger partial charge in [0.1, 0.15) is 5.60 Å². The minimum absolute atomic E-state index is 0.00409. The van der Waals surface area contributed by atoms with E-state index in [-0.39, 0.29) is 41.6 Å². The lowest BCUT2D eigenvalue weighted by Gasteiger charge is -2.40. The highest BCUT2D eigenvalue weighted by molar-refractivity contribution is 6.30. The van der Waals surface area contributed by atoms with Crippen molar-refractivity contribution in [2.45, 2.75) is 63.8 Å².